The van der Waals surface area contributed by atoms with Crippen molar-refractivity contribution in [3.05, 3.63) is 87.9 Å². The first-order valence-electron chi connectivity index (χ1n) is 10.6. The molecule has 0 fully saturated rings. The van der Waals surface area contributed by atoms with Crippen molar-refractivity contribution in [3.63, 3.8) is 0 Å². The Kier molecular flexibility index (Phi) is 9.67. The predicted octanol–water partition coefficient (Wildman–Crippen LogP) is 3.79. The fraction of sp³-hybridized carbons (Fsp3) is 0.120. The molecule has 0 unspecified atom stereocenters. The van der Waals surface area contributed by atoms with Gasteiger partial charge in [-0.2, -0.15) is 5.10 Å². The molecule has 0 aliphatic rings. The third-order valence-electron chi connectivity index (χ3n) is 4.66. The van der Waals surface area contributed by atoms with E-state index >= 15 is 0 Å². The van der Waals surface area contributed by atoms with Crippen LogP contribution in [-0.4, -0.2) is 37.7 Å². The van der Waals surface area contributed by atoms with Gasteiger partial charge in [0.05, 0.1) is 29.1 Å². The lowest BCUT2D eigenvalue weighted by Gasteiger charge is -2.11. The molecule has 0 aliphatic heterocycles. The summed E-state index contributed by atoms with van der Waals surface area (Å²) in [7, 11) is 1.45. The van der Waals surface area contributed by atoms with Crippen LogP contribution in [0.15, 0.2) is 71.8 Å². The number of hydrogen-bond donors (Lipinski definition) is 3. The van der Waals surface area contributed by atoms with E-state index in [1.165, 1.54) is 19.4 Å². The summed E-state index contributed by atoms with van der Waals surface area (Å²) in [6.45, 7) is 0.198. The number of carbonyl (C=O) groups is 3. The molecule has 3 aromatic rings. The Morgan fingerprint density at radius 2 is 1.72 bits per heavy atom. The maximum atomic E-state index is 12.1. The zero-order valence-electron chi connectivity index (χ0n) is 19.1. The van der Waals surface area contributed by atoms with Crippen LogP contribution in [0.3, 0.4) is 0 Å². The van der Waals surface area contributed by atoms with Gasteiger partial charge >= 0.3 is 11.8 Å². The Bertz CT molecular complexity index is 1270. The molecule has 186 valence electrons. The van der Waals surface area contributed by atoms with Gasteiger partial charge in [0, 0.05) is 6.54 Å². The number of nitrogens with zero attached hydrogens (tertiary/aromatic N) is 1. The number of anilines is 1. The van der Waals surface area contributed by atoms with Crippen LogP contribution >= 0.6 is 23.2 Å². The molecule has 3 aromatic carbocycles. The van der Waals surface area contributed by atoms with E-state index in [0.717, 1.165) is 5.56 Å². The van der Waals surface area contributed by atoms with Gasteiger partial charge < -0.3 is 20.1 Å². The van der Waals surface area contributed by atoms with E-state index in [2.05, 4.69) is 21.2 Å². The molecule has 3 rings (SSSR count). The number of hydrogen-bond acceptors (Lipinski definition) is 6. The number of carbonyl (C=O) groups excluding carboxylic acids is 3. The second-order valence-electron chi connectivity index (χ2n) is 7.22. The smallest absolute Gasteiger partial charge is 0.329 e. The summed E-state index contributed by atoms with van der Waals surface area (Å²) >= 11 is 11.9. The van der Waals surface area contributed by atoms with Crippen molar-refractivity contribution in [1.29, 1.82) is 0 Å². The van der Waals surface area contributed by atoms with E-state index < -0.39 is 11.8 Å². The predicted molar refractivity (Wildman–Crippen MR) is 138 cm³/mol. The highest BCUT2D eigenvalue weighted by atomic mass is 35.5. The summed E-state index contributed by atoms with van der Waals surface area (Å²) in [5.41, 5.74) is 3.84. The minimum atomic E-state index is -1.00. The van der Waals surface area contributed by atoms with Crippen molar-refractivity contribution < 1.29 is 23.9 Å². The Labute approximate surface area is 217 Å². The lowest BCUT2D eigenvalue weighted by molar-refractivity contribution is -0.136. The number of nitrogens with one attached hydrogen (secondary N) is 3. The number of ether oxygens (including phenoxy) is 2. The Hall–Kier alpha value is -4.08. The zero-order chi connectivity index (χ0) is 25.9. The first kappa shape index (κ1) is 26.5. The average Bonchev–Trinajstić information content (AvgIpc) is 2.89. The van der Waals surface area contributed by atoms with Crippen molar-refractivity contribution in [3.8, 4) is 11.5 Å². The van der Waals surface area contributed by atoms with Gasteiger partial charge in [-0.05, 0) is 41.5 Å². The van der Waals surface area contributed by atoms with Crippen molar-refractivity contribution in [2.45, 2.75) is 6.54 Å². The molecule has 0 saturated carbocycles. The second kappa shape index (κ2) is 13.1. The first-order valence-corrected chi connectivity index (χ1v) is 11.3. The van der Waals surface area contributed by atoms with Crippen LogP contribution < -0.4 is 25.5 Å². The van der Waals surface area contributed by atoms with Gasteiger partial charge in [0.15, 0.2) is 18.1 Å². The van der Waals surface area contributed by atoms with Gasteiger partial charge in [0.25, 0.3) is 5.91 Å². The number of halogens is 2. The molecule has 3 N–H and O–H groups in total. The highest BCUT2D eigenvalue weighted by molar-refractivity contribution is 6.45. The van der Waals surface area contributed by atoms with E-state index in [9.17, 15) is 14.4 Å². The third-order valence-corrected chi connectivity index (χ3v) is 5.48. The molecule has 0 bridgehead atoms. The molecular weight excluding hydrogens is 507 g/mol. The van der Waals surface area contributed by atoms with Gasteiger partial charge in [-0.15, -0.1) is 0 Å². The van der Waals surface area contributed by atoms with Gasteiger partial charge in [-0.3, -0.25) is 14.4 Å². The second-order valence-corrected chi connectivity index (χ2v) is 8.00. The van der Waals surface area contributed by atoms with Crippen LogP contribution in [0.1, 0.15) is 11.1 Å². The third kappa shape index (κ3) is 7.72. The molecule has 0 heterocycles. The first-order chi connectivity index (χ1) is 17.4. The van der Waals surface area contributed by atoms with Crippen LogP contribution in [-0.2, 0) is 20.9 Å². The van der Waals surface area contributed by atoms with Gasteiger partial charge in [-0.25, -0.2) is 5.43 Å². The number of benzene rings is 3. The molecule has 0 saturated heterocycles. The van der Waals surface area contributed by atoms with Crippen molar-refractivity contribution in [2.75, 3.05) is 19.0 Å². The Morgan fingerprint density at radius 3 is 2.47 bits per heavy atom. The standard InChI is InChI=1S/C25H22Cl2N4O5/c1-35-21-12-17(10-11-20(21)36-15-22(32)28-13-16-6-3-2-4-7-16)14-29-31-25(34)24(33)30-19-9-5-8-18(26)23(19)27/h2-12,14H,13,15H2,1H3,(H,28,32)(H,30,33)(H,31,34)/b29-14-. The summed E-state index contributed by atoms with van der Waals surface area (Å²) in [5, 5.41) is 9.26. The largest absolute Gasteiger partial charge is 0.493 e. The van der Waals surface area contributed by atoms with E-state index in [4.69, 9.17) is 32.7 Å². The summed E-state index contributed by atoms with van der Waals surface area (Å²) in [6, 6.07) is 19.0. The van der Waals surface area contributed by atoms with E-state index in [1.54, 1.807) is 30.3 Å². The number of rotatable bonds is 9. The van der Waals surface area contributed by atoms with Crippen LogP contribution in [0.25, 0.3) is 0 Å². The molecule has 0 spiro atoms. The number of methoxy groups -OCH3 is 1. The van der Waals surface area contributed by atoms with E-state index in [0.29, 0.717) is 23.6 Å². The highest BCUT2D eigenvalue weighted by Crippen LogP contribution is 2.29. The van der Waals surface area contributed by atoms with E-state index in [-0.39, 0.29) is 28.2 Å². The minimum Gasteiger partial charge on any atom is -0.493 e. The van der Waals surface area contributed by atoms with Crippen molar-refractivity contribution in [1.82, 2.24) is 10.7 Å². The maximum Gasteiger partial charge on any atom is 0.329 e. The lowest BCUT2D eigenvalue weighted by Crippen LogP contribution is -2.32. The molecule has 11 heteroatoms. The molecule has 9 nitrogen and oxygen atoms in total. The van der Waals surface area contributed by atoms with Crippen molar-refractivity contribution >= 4 is 52.8 Å². The lowest BCUT2D eigenvalue weighted by atomic mass is 10.2. The topological polar surface area (TPSA) is 118 Å². The van der Waals surface area contributed by atoms with Gasteiger partial charge in [-0.1, -0.05) is 59.6 Å². The molecule has 3 amide bonds. The molecular formula is C25H22Cl2N4O5. The SMILES string of the molecule is COc1cc(/C=N\NC(=O)C(=O)Nc2cccc(Cl)c2Cl)ccc1OCC(=O)NCc1ccccc1. The minimum absolute atomic E-state index is 0.117. The maximum absolute atomic E-state index is 12.1. The van der Waals surface area contributed by atoms with Crippen LogP contribution in [0, 0.1) is 0 Å². The Balaban J connectivity index is 1.50. The Morgan fingerprint density at radius 1 is 0.944 bits per heavy atom. The summed E-state index contributed by atoms with van der Waals surface area (Å²) in [5.74, 6) is -1.55. The van der Waals surface area contributed by atoms with Gasteiger partial charge in [0.2, 0.25) is 0 Å². The zero-order valence-corrected chi connectivity index (χ0v) is 20.6. The fourth-order valence-corrected chi connectivity index (χ4v) is 3.22. The molecule has 0 aliphatic carbocycles. The summed E-state index contributed by atoms with van der Waals surface area (Å²) in [4.78, 5) is 36.1. The molecule has 0 radical (unpaired) electrons. The monoisotopic (exact) mass is 528 g/mol. The molecule has 0 aromatic heterocycles. The number of hydrazone groups is 1. The molecule has 0 atom stereocenters. The van der Waals surface area contributed by atoms with E-state index in [1.807, 2.05) is 30.3 Å². The number of amides is 3. The van der Waals surface area contributed by atoms with Crippen LogP contribution in [0.4, 0.5) is 5.69 Å². The quantitative estimate of drug-likeness (QED) is 0.222. The van der Waals surface area contributed by atoms with Crippen LogP contribution in [0.5, 0.6) is 11.5 Å². The highest BCUT2D eigenvalue weighted by Gasteiger charge is 2.15. The fourth-order valence-electron chi connectivity index (χ4n) is 2.87. The van der Waals surface area contributed by atoms with Gasteiger partial charge in [0.1, 0.15) is 0 Å². The normalized spacial score (nSPS) is 10.5. The molecule has 36 heavy (non-hydrogen) atoms. The summed E-state index contributed by atoms with van der Waals surface area (Å²) in [6.07, 6.45) is 1.32. The summed E-state index contributed by atoms with van der Waals surface area (Å²) < 4.78 is 10.9. The average molecular weight is 529 g/mol. The van der Waals surface area contributed by atoms with Crippen molar-refractivity contribution in [2.24, 2.45) is 5.10 Å². The van der Waals surface area contributed by atoms with Crippen LogP contribution in [0.2, 0.25) is 10.0 Å².